The number of nitrogens with one attached hydrogen (secondary N) is 4. The molecule has 0 unspecified atom stereocenters. The fraction of sp³-hybridized carbons (Fsp3) is 0.246. The molecule has 18 N–H and O–H groups in total. The molecular formula is C118H131N15S3. The lowest BCUT2D eigenvalue weighted by Gasteiger charge is -2.15. The minimum Gasteiger partial charge on any atom is -0.388 e. The Morgan fingerprint density at radius 1 is 0.346 bits per heavy atom. The normalized spacial score (nSPS) is 12.7. The van der Waals surface area contributed by atoms with Gasteiger partial charge in [-0.3, -0.25) is 15.0 Å². The van der Waals surface area contributed by atoms with Gasteiger partial charge in [0.15, 0.2) is 5.96 Å². The van der Waals surface area contributed by atoms with Crippen molar-refractivity contribution in [2.45, 2.75) is 113 Å². The summed E-state index contributed by atoms with van der Waals surface area (Å²) in [4.78, 5) is 12.9. The van der Waals surface area contributed by atoms with Gasteiger partial charge in [0.1, 0.15) is 0 Å². The predicted molar refractivity (Wildman–Crippen MR) is 594 cm³/mol. The average Bonchev–Trinajstić information content (AvgIpc) is 1.60. The number of aliphatic imine (C=N–C) groups is 2. The minimum absolute atomic E-state index is 0. The molecule has 0 aliphatic carbocycles. The van der Waals surface area contributed by atoms with Crippen LogP contribution >= 0.6 is 34.0 Å². The van der Waals surface area contributed by atoms with Gasteiger partial charge in [0.25, 0.3) is 0 Å². The van der Waals surface area contributed by atoms with Crippen LogP contribution in [-0.4, -0.2) is 99.9 Å². The first-order valence-corrected chi connectivity index (χ1v) is 50.0. The molecule has 15 nitrogen and oxygen atoms in total. The molecule has 0 spiro atoms. The molecule has 7 heterocycles. The Balaban J connectivity index is 0.000000138. The molecule has 0 saturated carbocycles. The second-order valence-corrected chi connectivity index (χ2v) is 38.2. The average molecular weight is 1860 g/mol. The van der Waals surface area contributed by atoms with E-state index in [4.69, 9.17) is 40.1 Å². The zero-order valence-corrected chi connectivity index (χ0v) is 79.5. The van der Waals surface area contributed by atoms with E-state index >= 15 is 0 Å². The molecule has 2 aliphatic rings. The largest absolute Gasteiger partial charge is 0.388 e. The highest BCUT2D eigenvalue weighted by Gasteiger charge is 2.19. The molecule has 13 aromatic carbocycles. The number of aromatic nitrogens is 2. The Labute approximate surface area is 814 Å². The van der Waals surface area contributed by atoms with Crippen molar-refractivity contribution >= 4 is 139 Å². The molecule has 5 aromatic heterocycles. The van der Waals surface area contributed by atoms with Crippen LogP contribution in [0.1, 0.15) is 112 Å². The van der Waals surface area contributed by atoms with Gasteiger partial charge in [0.2, 0.25) is 0 Å². The van der Waals surface area contributed by atoms with Crippen LogP contribution in [0.25, 0.3) is 160 Å². The fourth-order valence-corrected chi connectivity index (χ4v) is 21.8. The second kappa shape index (κ2) is 47.7. The van der Waals surface area contributed by atoms with Gasteiger partial charge in [-0.25, -0.2) is 0 Å². The Morgan fingerprint density at radius 3 is 1.01 bits per heavy atom. The van der Waals surface area contributed by atoms with Crippen molar-refractivity contribution in [2.75, 3.05) is 78.5 Å². The fourth-order valence-electron chi connectivity index (χ4n) is 18.6. The number of hydrogen-bond donors (Lipinski definition) is 11. The highest BCUT2D eigenvalue weighted by Crippen LogP contribution is 2.44. The lowest BCUT2D eigenvalue weighted by molar-refractivity contribution is 0.693. The number of nitrogens with two attached hydrogens (primary N) is 7. The lowest BCUT2D eigenvalue weighted by Crippen LogP contribution is -2.23. The van der Waals surface area contributed by atoms with Crippen LogP contribution in [-0.2, 0) is 45.3 Å². The van der Waals surface area contributed by atoms with E-state index in [-0.39, 0.29) is 20.8 Å². The van der Waals surface area contributed by atoms with E-state index in [1.807, 2.05) is 53.3 Å². The summed E-state index contributed by atoms with van der Waals surface area (Å²) in [5.41, 5.74) is 70.1. The van der Waals surface area contributed by atoms with Crippen LogP contribution in [0.15, 0.2) is 308 Å². The lowest BCUT2D eigenvalue weighted by atomic mass is 9.96. The standard InChI is InChI=1S/C33H35N5S.C32H35N3.C29H31N5S.C22H22N2S.2CH4/c1-22(34)37-16-4-8-23-6-2-10-25(18-23)27-12-14-31-29(20-27)30-21-28(13-15-32(30)39-31)26-11-3-7-24(19-26)9-5-17-38-33(35)36;1-2-35-31-15-13-27(25-11-3-7-23(19-25)9-5-17-33)21-29(31)30-22-28(14-16-32(30)35)26-12-4-8-24(20-26)10-6-18-34;30-8-10-32-16-20-2-1-3-22(12-20)23-4-6-28-26(14-23)27-15-24(5-7-29(27)35-28)25-13-21(18-34-19-25)17-33-11-9-31;1-3-21-19(13-17(1)15-5-9-23-10-6-15)20-14-18(2-4-22(20)25-21)16-7-11-24-12-8-16;;/h2-3,6-7,10-15,18-21H,4-5,8-9,16-17H2,1H3,(H2,34,37)(H4,35,36,38);3-4,7-8,11-16,19-22H,2,5-6,9-10,17-18,33-34H2,1H3;1-7,12-15,18-19,32-33H,8-11,16-17,30-31H2;1-5,7,13-14,23-24H,6,8-12H2;2*1H4. The van der Waals surface area contributed by atoms with Gasteiger partial charge in [-0.2, -0.15) is 0 Å². The summed E-state index contributed by atoms with van der Waals surface area (Å²) in [6.07, 6.45) is 18.7. The van der Waals surface area contributed by atoms with Gasteiger partial charge >= 0.3 is 0 Å². The third-order valence-corrected chi connectivity index (χ3v) is 28.9. The van der Waals surface area contributed by atoms with Crippen LogP contribution in [0.3, 0.4) is 0 Å². The number of benzene rings is 13. The van der Waals surface area contributed by atoms with Crippen molar-refractivity contribution in [1.82, 2.24) is 30.8 Å². The first-order valence-electron chi connectivity index (χ1n) is 47.5. The van der Waals surface area contributed by atoms with Crippen molar-refractivity contribution in [2.24, 2.45) is 50.1 Å². The summed E-state index contributed by atoms with van der Waals surface area (Å²) in [6, 6.07) is 101. The molecular weight excluding hydrogens is 1720 g/mol. The zero-order chi connectivity index (χ0) is 92.1. The SMILES string of the molecule is C.C.C1=C(c2ccc3sc4ccc(C5=CCNCC5)cc4c3c2)CCNC1.CC(N)=NCCCc1cccc(-c2ccc3sc4ccc(-c5cccc(CCCN=C(N)N)c5)cc4c3c2)c1.CCn1c2ccc(-c3cccc(CCCN)c3)cc2c2cc(-c3cccc(CCCN)c3)ccc21.NCCNCc1cccc(-c2ccc3sc4ccc(-c5cncc(CNCCN)c5)cc4c3c2)c1. The molecule has 0 amide bonds. The van der Waals surface area contributed by atoms with Crippen LogP contribution in [0.4, 0.5) is 0 Å². The summed E-state index contributed by atoms with van der Waals surface area (Å²) >= 11 is 5.60. The summed E-state index contributed by atoms with van der Waals surface area (Å²) in [7, 11) is 0. The molecule has 18 aromatic rings. The number of hydrogen-bond acceptors (Lipinski definition) is 14. The zero-order valence-electron chi connectivity index (χ0n) is 77.0. The molecule has 2 aliphatic heterocycles. The Hall–Kier alpha value is -12.6. The number of pyridine rings is 1. The molecule has 20 rings (SSSR count). The molecule has 0 atom stereocenters. The molecule has 0 radical (unpaired) electrons. The number of rotatable bonds is 31. The molecule has 696 valence electrons. The maximum Gasteiger partial charge on any atom is 0.185 e. The van der Waals surface area contributed by atoms with E-state index in [0.29, 0.717) is 25.5 Å². The van der Waals surface area contributed by atoms with E-state index in [9.17, 15) is 0 Å². The smallest absolute Gasteiger partial charge is 0.185 e. The summed E-state index contributed by atoms with van der Waals surface area (Å²) in [6.45, 7) is 16.5. The van der Waals surface area contributed by atoms with E-state index in [1.54, 1.807) is 0 Å². The van der Waals surface area contributed by atoms with Crippen LogP contribution < -0.4 is 61.4 Å². The number of thiophene rings is 3. The topological polar surface area (TPSA) is 273 Å². The van der Waals surface area contributed by atoms with Crippen LogP contribution in [0, 0.1) is 0 Å². The molecule has 0 saturated heterocycles. The van der Waals surface area contributed by atoms with E-state index in [1.165, 1.54) is 194 Å². The highest BCUT2D eigenvalue weighted by atomic mass is 32.1. The predicted octanol–water partition coefficient (Wildman–Crippen LogP) is 24.8. The summed E-state index contributed by atoms with van der Waals surface area (Å²) in [5, 5.41) is 24.2. The Bertz CT molecular complexity index is 6860. The maximum absolute atomic E-state index is 5.73. The molecule has 0 bridgehead atoms. The van der Waals surface area contributed by atoms with E-state index < -0.39 is 0 Å². The summed E-state index contributed by atoms with van der Waals surface area (Å²) < 4.78 is 10.4. The maximum atomic E-state index is 5.73. The van der Waals surface area contributed by atoms with Crippen molar-refractivity contribution < 1.29 is 0 Å². The number of fused-ring (bicyclic) bond motifs is 12. The van der Waals surface area contributed by atoms with Gasteiger partial charge < -0.3 is 66.0 Å². The van der Waals surface area contributed by atoms with Crippen molar-refractivity contribution in [3.63, 3.8) is 0 Å². The monoisotopic (exact) mass is 1850 g/mol. The van der Waals surface area contributed by atoms with Crippen LogP contribution in [0.2, 0.25) is 0 Å². The third kappa shape index (κ3) is 24.2. The molecule has 0 fully saturated rings. The Morgan fingerprint density at radius 2 is 0.662 bits per heavy atom. The first-order chi connectivity index (χ1) is 65.8. The van der Waals surface area contributed by atoms with Gasteiger partial charge in [0.05, 0.1) is 5.84 Å². The highest BCUT2D eigenvalue weighted by molar-refractivity contribution is 7.26. The van der Waals surface area contributed by atoms with Gasteiger partial charge in [-0.1, -0.05) is 191 Å². The minimum atomic E-state index is 0. The number of nitrogens with zero attached hydrogens (tertiary/aromatic N) is 4. The quantitative estimate of drug-likeness (QED) is 0.0110. The van der Waals surface area contributed by atoms with Gasteiger partial charge in [-0.15, -0.1) is 34.0 Å². The first kappa shape index (κ1) is 97.9. The summed E-state index contributed by atoms with van der Waals surface area (Å²) in [5.74, 6) is 0.801. The molecule has 18 heteroatoms. The van der Waals surface area contributed by atoms with E-state index in [2.05, 4.69) is 333 Å². The Kier molecular flexibility index (Phi) is 34.3. The second-order valence-electron chi connectivity index (χ2n) is 35.0. The molecule has 136 heavy (non-hydrogen) atoms. The number of aryl methyl sites for hydroxylation is 5. The van der Waals surface area contributed by atoms with Crippen molar-refractivity contribution in [3.05, 3.63) is 342 Å². The number of guanidine groups is 1. The van der Waals surface area contributed by atoms with Crippen LogP contribution in [0.5, 0.6) is 0 Å². The van der Waals surface area contributed by atoms with E-state index in [0.717, 1.165) is 154 Å². The van der Waals surface area contributed by atoms with Crippen molar-refractivity contribution in [1.29, 1.82) is 0 Å². The van der Waals surface area contributed by atoms with Crippen molar-refractivity contribution in [3.8, 4) is 66.8 Å². The van der Waals surface area contributed by atoms with Gasteiger partial charge in [-0.05, 0) is 330 Å². The number of amidine groups is 1. The third-order valence-electron chi connectivity index (χ3n) is 25.4. The van der Waals surface area contributed by atoms with Gasteiger partial charge in [0, 0.05) is 172 Å².